The number of rotatable bonds is 9. The molecule has 1 saturated carbocycles. The fourth-order valence-electron chi connectivity index (χ4n) is 2.50. The number of halogens is 1. The summed E-state index contributed by atoms with van der Waals surface area (Å²) in [5.41, 5.74) is 4.66. The predicted octanol–water partition coefficient (Wildman–Crippen LogP) is 0.404. The molecule has 0 spiro atoms. The maximum absolute atomic E-state index is 12.3. The Kier molecular flexibility index (Phi) is 5.75. The van der Waals surface area contributed by atoms with Gasteiger partial charge in [-0.1, -0.05) is 11.6 Å². The molecule has 1 heterocycles. The van der Waals surface area contributed by atoms with Crippen molar-refractivity contribution in [3.8, 4) is 5.75 Å². The first-order valence-electron chi connectivity index (χ1n) is 8.55. The molecule has 10 heteroatoms. The first kappa shape index (κ1) is 19.7. The largest absolute Gasteiger partial charge is 0.489 e. The quantitative estimate of drug-likeness (QED) is 0.406. The van der Waals surface area contributed by atoms with Crippen LogP contribution >= 0.6 is 11.6 Å². The predicted molar refractivity (Wildman–Crippen MR) is 95.8 cm³/mol. The van der Waals surface area contributed by atoms with Crippen LogP contribution in [0.4, 0.5) is 0 Å². The summed E-state index contributed by atoms with van der Waals surface area (Å²) in [4.78, 5) is 24.5. The van der Waals surface area contributed by atoms with Crippen LogP contribution in [0.2, 0.25) is 5.02 Å². The van der Waals surface area contributed by atoms with E-state index in [1.807, 2.05) is 0 Å². The lowest BCUT2D eigenvalue weighted by Crippen LogP contribution is -2.56. The molecule has 1 fully saturated rings. The van der Waals surface area contributed by atoms with E-state index in [1.165, 1.54) is 12.1 Å². The molecule has 148 valence electrons. The molecule has 9 nitrogen and oxygen atoms in total. The SMILES string of the molecule is NC(CO)(Cn1c(=O)oc2cc(OC3CC3)c(Cl)cc21)C(=O)OCCCO. The summed E-state index contributed by atoms with van der Waals surface area (Å²) in [7, 11) is 0. The second-order valence-corrected chi connectivity index (χ2v) is 6.96. The normalized spacial score (nSPS) is 16.3. The van der Waals surface area contributed by atoms with Crippen LogP contribution in [-0.2, 0) is 16.1 Å². The molecule has 0 radical (unpaired) electrons. The molecule has 1 aliphatic carbocycles. The van der Waals surface area contributed by atoms with Crippen LogP contribution in [0, 0.1) is 0 Å². The van der Waals surface area contributed by atoms with E-state index in [-0.39, 0.29) is 37.9 Å². The highest BCUT2D eigenvalue weighted by atomic mass is 35.5. The third-order valence-corrected chi connectivity index (χ3v) is 4.50. The Morgan fingerprint density at radius 2 is 2.15 bits per heavy atom. The Balaban J connectivity index is 1.88. The van der Waals surface area contributed by atoms with E-state index in [0.29, 0.717) is 16.3 Å². The molecule has 0 saturated heterocycles. The van der Waals surface area contributed by atoms with Gasteiger partial charge in [-0.3, -0.25) is 4.57 Å². The Hall–Kier alpha value is -2.07. The van der Waals surface area contributed by atoms with E-state index in [9.17, 15) is 14.7 Å². The highest BCUT2D eigenvalue weighted by molar-refractivity contribution is 6.32. The lowest BCUT2D eigenvalue weighted by Gasteiger charge is -2.25. The second-order valence-electron chi connectivity index (χ2n) is 6.55. The Morgan fingerprint density at radius 3 is 2.78 bits per heavy atom. The van der Waals surface area contributed by atoms with Crippen LogP contribution in [0.5, 0.6) is 5.75 Å². The van der Waals surface area contributed by atoms with Crippen LogP contribution in [0.1, 0.15) is 19.3 Å². The van der Waals surface area contributed by atoms with Gasteiger partial charge in [0.15, 0.2) is 11.1 Å². The number of aliphatic hydroxyl groups is 2. The number of oxazole rings is 1. The molecule has 1 aromatic heterocycles. The zero-order valence-electron chi connectivity index (χ0n) is 14.5. The average Bonchev–Trinajstić information content (AvgIpc) is 3.41. The van der Waals surface area contributed by atoms with Crippen LogP contribution < -0.4 is 16.2 Å². The Bertz CT molecular complexity index is 889. The number of hydrogen-bond donors (Lipinski definition) is 3. The third-order valence-electron chi connectivity index (χ3n) is 4.20. The maximum Gasteiger partial charge on any atom is 0.420 e. The second kappa shape index (κ2) is 7.89. The summed E-state index contributed by atoms with van der Waals surface area (Å²) >= 11 is 6.23. The zero-order chi connectivity index (χ0) is 19.6. The summed E-state index contributed by atoms with van der Waals surface area (Å²) in [5, 5.41) is 18.7. The van der Waals surface area contributed by atoms with Crippen molar-refractivity contribution in [3.05, 3.63) is 27.7 Å². The van der Waals surface area contributed by atoms with Crippen LogP contribution in [0.25, 0.3) is 11.1 Å². The molecule has 1 atom stereocenters. The van der Waals surface area contributed by atoms with Gasteiger partial charge in [-0.05, 0) is 18.9 Å². The number of nitrogens with two attached hydrogens (primary N) is 1. The molecule has 3 rings (SSSR count). The molecule has 0 amide bonds. The number of carbonyl (C=O) groups excluding carboxylic acids is 1. The van der Waals surface area contributed by atoms with Gasteiger partial charge in [-0.2, -0.15) is 0 Å². The number of fused-ring (bicyclic) bond motifs is 1. The van der Waals surface area contributed by atoms with E-state index in [4.69, 9.17) is 36.3 Å². The molecular formula is C17H21ClN2O7. The van der Waals surface area contributed by atoms with E-state index in [2.05, 4.69) is 0 Å². The van der Waals surface area contributed by atoms with E-state index >= 15 is 0 Å². The van der Waals surface area contributed by atoms with Crippen molar-refractivity contribution in [3.63, 3.8) is 0 Å². The highest BCUT2D eigenvalue weighted by Crippen LogP contribution is 2.35. The number of nitrogens with zero attached hydrogens (tertiary/aromatic N) is 1. The summed E-state index contributed by atoms with van der Waals surface area (Å²) in [5.74, 6) is -1.23. The van der Waals surface area contributed by atoms with E-state index in [0.717, 1.165) is 17.4 Å². The molecule has 27 heavy (non-hydrogen) atoms. The molecule has 0 aliphatic heterocycles. The van der Waals surface area contributed by atoms with Gasteiger partial charge in [0.2, 0.25) is 0 Å². The summed E-state index contributed by atoms with van der Waals surface area (Å²) in [6.07, 6.45) is 2.25. The number of carbonyl (C=O) groups is 1. The number of ether oxygens (including phenoxy) is 2. The van der Waals surface area contributed by atoms with Gasteiger partial charge in [-0.25, -0.2) is 9.59 Å². The minimum absolute atomic E-state index is 0.0526. The van der Waals surface area contributed by atoms with Gasteiger partial charge >= 0.3 is 11.7 Å². The lowest BCUT2D eigenvalue weighted by molar-refractivity contribution is -0.152. The monoisotopic (exact) mass is 400 g/mol. The molecule has 1 aromatic carbocycles. The van der Waals surface area contributed by atoms with Gasteiger partial charge in [0.25, 0.3) is 0 Å². The van der Waals surface area contributed by atoms with Gasteiger partial charge in [0.05, 0.1) is 36.4 Å². The number of esters is 1. The molecular weight excluding hydrogens is 380 g/mol. The van der Waals surface area contributed by atoms with Crippen molar-refractivity contribution in [2.24, 2.45) is 5.73 Å². The van der Waals surface area contributed by atoms with E-state index < -0.39 is 23.9 Å². The van der Waals surface area contributed by atoms with Crippen molar-refractivity contribution in [1.29, 1.82) is 0 Å². The van der Waals surface area contributed by atoms with Crippen molar-refractivity contribution >= 4 is 28.7 Å². The standard InChI is InChI=1S/C17H21ClN2O7/c18-11-6-12-14(7-13(11)26-10-2-3-10)27-16(24)20(12)8-17(19,9-22)15(23)25-5-1-4-21/h6-7,10,21-22H,1-5,8-9,19H2. The first-order valence-corrected chi connectivity index (χ1v) is 8.93. The minimum Gasteiger partial charge on any atom is -0.489 e. The molecule has 1 aliphatic rings. The van der Waals surface area contributed by atoms with Crippen molar-refractivity contribution in [2.45, 2.75) is 37.5 Å². The molecule has 4 N–H and O–H groups in total. The summed E-state index contributed by atoms with van der Waals surface area (Å²) in [6.45, 7) is -1.32. The molecule has 2 aromatic rings. The zero-order valence-corrected chi connectivity index (χ0v) is 15.3. The minimum atomic E-state index is -1.86. The smallest absolute Gasteiger partial charge is 0.420 e. The Morgan fingerprint density at radius 1 is 1.41 bits per heavy atom. The van der Waals surface area contributed by atoms with Crippen LogP contribution in [-0.4, -0.2) is 52.2 Å². The van der Waals surface area contributed by atoms with Gasteiger partial charge in [0, 0.05) is 19.1 Å². The average molecular weight is 401 g/mol. The van der Waals surface area contributed by atoms with Crippen LogP contribution in [0.3, 0.4) is 0 Å². The van der Waals surface area contributed by atoms with E-state index in [1.54, 1.807) is 0 Å². The highest BCUT2D eigenvalue weighted by Gasteiger charge is 2.37. The number of benzene rings is 1. The summed E-state index contributed by atoms with van der Waals surface area (Å²) in [6, 6.07) is 3.01. The number of hydrogen-bond acceptors (Lipinski definition) is 8. The molecule has 1 unspecified atom stereocenters. The van der Waals surface area contributed by atoms with Crippen molar-refractivity contribution in [1.82, 2.24) is 4.57 Å². The number of aliphatic hydroxyl groups excluding tert-OH is 2. The third kappa shape index (κ3) is 4.27. The van der Waals surface area contributed by atoms with Gasteiger partial charge in [-0.15, -0.1) is 0 Å². The summed E-state index contributed by atoms with van der Waals surface area (Å²) < 4.78 is 17.0. The van der Waals surface area contributed by atoms with Gasteiger partial charge < -0.3 is 29.8 Å². The van der Waals surface area contributed by atoms with Crippen molar-refractivity contribution < 1.29 is 28.9 Å². The maximum atomic E-state index is 12.3. The Labute approximate surface area is 159 Å². The number of aromatic nitrogens is 1. The topological polar surface area (TPSA) is 137 Å². The van der Waals surface area contributed by atoms with Gasteiger partial charge in [0.1, 0.15) is 5.75 Å². The lowest BCUT2D eigenvalue weighted by atomic mass is 10.0. The fourth-order valence-corrected chi connectivity index (χ4v) is 2.71. The fraction of sp³-hybridized carbons (Fsp3) is 0.529. The van der Waals surface area contributed by atoms with Crippen LogP contribution in [0.15, 0.2) is 21.3 Å². The van der Waals surface area contributed by atoms with Crippen molar-refractivity contribution in [2.75, 3.05) is 19.8 Å². The first-order chi connectivity index (χ1) is 12.9. The molecule has 0 bridgehead atoms.